The van der Waals surface area contributed by atoms with E-state index in [-0.39, 0.29) is 17.5 Å². The van der Waals surface area contributed by atoms with Crippen LogP contribution in [0.15, 0.2) is 79.3 Å². The molecule has 0 unspecified atom stereocenters. The summed E-state index contributed by atoms with van der Waals surface area (Å²) in [5, 5.41) is 2.74. The third-order valence-electron chi connectivity index (χ3n) is 9.78. The molecule has 0 saturated heterocycles. The van der Waals surface area contributed by atoms with Crippen molar-refractivity contribution in [2.75, 3.05) is 0 Å². The van der Waals surface area contributed by atoms with Crippen molar-refractivity contribution in [2.45, 2.75) is 51.9 Å². The van der Waals surface area contributed by atoms with Gasteiger partial charge in [0.15, 0.2) is 0 Å². The molecule has 0 atom stereocenters. The lowest BCUT2D eigenvalue weighted by Gasteiger charge is -2.33. The molecule has 3 aliphatic rings. The second-order valence-corrected chi connectivity index (χ2v) is 13.5. The number of rotatable bonds is 1. The van der Waals surface area contributed by atoms with Gasteiger partial charge in [-0.2, -0.15) is 0 Å². The SMILES string of the molecule is Cc1cc(-c2ccccc2)c2c(c1)c1c3c(cc4c1n2-c1cccc2c1B4c1cncnc1O2)C(C)(C)CC3(C)C. The number of ether oxygens (including phenoxy) is 1. The van der Waals surface area contributed by atoms with Crippen LogP contribution in [0.2, 0.25) is 0 Å². The summed E-state index contributed by atoms with van der Waals surface area (Å²) in [6.45, 7) is 12.0. The highest BCUT2D eigenvalue weighted by Gasteiger charge is 2.48. The van der Waals surface area contributed by atoms with Crippen LogP contribution >= 0.6 is 0 Å². The fraction of sp³-hybridized carbons (Fsp3) is 0.222. The van der Waals surface area contributed by atoms with Gasteiger partial charge in [0.25, 0.3) is 6.71 Å². The van der Waals surface area contributed by atoms with Gasteiger partial charge in [0.2, 0.25) is 5.88 Å². The maximum absolute atomic E-state index is 6.46. The lowest BCUT2D eigenvalue weighted by molar-refractivity contribution is 0.404. The zero-order valence-electron chi connectivity index (χ0n) is 24.0. The summed E-state index contributed by atoms with van der Waals surface area (Å²) in [4.78, 5) is 9.06. The molecule has 1 aliphatic carbocycles. The Bertz CT molecular complexity index is 2120. The molecule has 198 valence electrons. The van der Waals surface area contributed by atoms with Crippen LogP contribution in [0.1, 0.15) is 50.8 Å². The number of hydrogen-bond acceptors (Lipinski definition) is 3. The average molecular weight is 531 g/mol. The van der Waals surface area contributed by atoms with Crippen molar-refractivity contribution < 1.29 is 4.74 Å². The van der Waals surface area contributed by atoms with Crippen LogP contribution in [-0.4, -0.2) is 21.2 Å². The van der Waals surface area contributed by atoms with Gasteiger partial charge in [-0.3, -0.25) is 0 Å². The minimum Gasteiger partial charge on any atom is -0.440 e. The Morgan fingerprint density at radius 3 is 2.54 bits per heavy atom. The Balaban J connectivity index is 1.57. The van der Waals surface area contributed by atoms with Crippen molar-refractivity contribution in [3.8, 4) is 28.4 Å². The zero-order chi connectivity index (χ0) is 27.8. The molecule has 4 heterocycles. The van der Waals surface area contributed by atoms with E-state index in [1.54, 1.807) is 6.33 Å². The summed E-state index contributed by atoms with van der Waals surface area (Å²) in [6.07, 6.45) is 4.66. The first-order valence-corrected chi connectivity index (χ1v) is 14.6. The third-order valence-corrected chi connectivity index (χ3v) is 9.78. The number of hydrogen-bond donors (Lipinski definition) is 0. The first kappa shape index (κ1) is 23.3. The molecule has 6 aromatic rings. The monoisotopic (exact) mass is 531 g/mol. The smallest absolute Gasteiger partial charge is 0.260 e. The van der Waals surface area contributed by atoms with Gasteiger partial charge in [0.05, 0.1) is 5.52 Å². The second-order valence-electron chi connectivity index (χ2n) is 13.5. The Kier molecular flexibility index (Phi) is 4.25. The van der Waals surface area contributed by atoms with Crippen molar-refractivity contribution in [3.05, 3.63) is 95.9 Å². The van der Waals surface area contributed by atoms with Crippen LogP contribution in [0.25, 0.3) is 38.6 Å². The quantitative estimate of drug-likeness (QED) is 0.229. The predicted molar refractivity (Wildman–Crippen MR) is 168 cm³/mol. The molecule has 0 bridgehead atoms. The van der Waals surface area contributed by atoms with Crippen LogP contribution in [0.4, 0.5) is 0 Å². The van der Waals surface area contributed by atoms with Crippen LogP contribution in [0.3, 0.4) is 0 Å². The van der Waals surface area contributed by atoms with E-state index in [0.29, 0.717) is 5.88 Å². The summed E-state index contributed by atoms with van der Waals surface area (Å²) < 4.78 is 9.01. The Morgan fingerprint density at radius 1 is 0.878 bits per heavy atom. The van der Waals surface area contributed by atoms with Gasteiger partial charge >= 0.3 is 0 Å². The van der Waals surface area contributed by atoms with Crippen molar-refractivity contribution in [3.63, 3.8) is 0 Å². The fourth-order valence-corrected chi connectivity index (χ4v) is 8.64. The molecule has 0 amide bonds. The molecule has 0 saturated carbocycles. The second kappa shape index (κ2) is 7.47. The number of aromatic nitrogens is 3. The number of aryl methyl sites for hydroxylation is 1. The van der Waals surface area contributed by atoms with E-state index in [1.807, 2.05) is 6.20 Å². The number of fused-ring (bicyclic) bond motifs is 9. The van der Waals surface area contributed by atoms with Crippen molar-refractivity contribution >= 4 is 44.9 Å². The Morgan fingerprint density at radius 2 is 1.71 bits per heavy atom. The van der Waals surface area contributed by atoms with Gasteiger partial charge in [-0.05, 0) is 81.6 Å². The molecule has 0 N–H and O–H groups in total. The van der Waals surface area contributed by atoms with Gasteiger partial charge < -0.3 is 9.30 Å². The van der Waals surface area contributed by atoms with Crippen molar-refractivity contribution in [2.24, 2.45) is 0 Å². The van der Waals surface area contributed by atoms with Gasteiger partial charge in [-0.25, -0.2) is 9.97 Å². The normalized spacial score (nSPS) is 16.9. The van der Waals surface area contributed by atoms with E-state index < -0.39 is 0 Å². The summed E-state index contributed by atoms with van der Waals surface area (Å²) in [5.41, 5.74) is 14.2. The van der Waals surface area contributed by atoms with Crippen molar-refractivity contribution in [1.82, 2.24) is 14.5 Å². The Hall–Kier alpha value is -4.38. The maximum atomic E-state index is 6.46. The van der Waals surface area contributed by atoms with Crippen LogP contribution in [0, 0.1) is 6.92 Å². The molecule has 0 radical (unpaired) electrons. The first-order valence-electron chi connectivity index (χ1n) is 14.6. The summed E-state index contributed by atoms with van der Waals surface area (Å²) in [6, 6.07) is 24.6. The zero-order valence-corrected chi connectivity index (χ0v) is 24.0. The van der Waals surface area contributed by atoms with Gasteiger partial charge in [-0.15, -0.1) is 0 Å². The van der Waals surface area contributed by atoms with Crippen LogP contribution in [-0.2, 0) is 10.8 Å². The third kappa shape index (κ3) is 2.86. The summed E-state index contributed by atoms with van der Waals surface area (Å²) in [7, 11) is 0. The molecule has 41 heavy (non-hydrogen) atoms. The minimum atomic E-state index is 0.0107. The van der Waals surface area contributed by atoms with Crippen LogP contribution in [0.5, 0.6) is 11.6 Å². The first-order chi connectivity index (χ1) is 19.7. The molecule has 0 fully saturated rings. The highest BCUT2D eigenvalue weighted by molar-refractivity contribution is 6.99. The van der Waals surface area contributed by atoms with Crippen molar-refractivity contribution in [1.29, 1.82) is 0 Å². The van der Waals surface area contributed by atoms with Gasteiger partial charge in [0.1, 0.15) is 12.1 Å². The molecule has 5 heteroatoms. The molecular weight excluding hydrogens is 501 g/mol. The molecule has 4 aromatic carbocycles. The van der Waals surface area contributed by atoms with E-state index in [1.165, 1.54) is 66.2 Å². The number of benzene rings is 4. The Labute approximate surface area is 240 Å². The predicted octanol–water partition coefficient (Wildman–Crippen LogP) is 6.44. The molecule has 0 spiro atoms. The molecule has 9 rings (SSSR count). The van der Waals surface area contributed by atoms with E-state index >= 15 is 0 Å². The van der Waals surface area contributed by atoms with E-state index in [9.17, 15) is 0 Å². The van der Waals surface area contributed by atoms with E-state index in [0.717, 1.165) is 17.6 Å². The summed E-state index contributed by atoms with van der Waals surface area (Å²) >= 11 is 0. The molecular formula is C36H30BN3O. The topological polar surface area (TPSA) is 39.9 Å². The van der Waals surface area contributed by atoms with Gasteiger partial charge in [0, 0.05) is 39.2 Å². The standard InChI is InChI=1S/C36H30BN3O/c1-20-14-22(21-10-7-6-8-11-21)32-23(15-20)29-30-24(35(2,3)18-36(30,4)5)16-25-33(29)40(32)27-12-9-13-28-31(27)37(25)26-17-38-19-39-34(26)41-28/h6-17,19H,18H2,1-5H3. The lowest BCUT2D eigenvalue weighted by atomic mass is 9.34. The fourth-order valence-electron chi connectivity index (χ4n) is 8.64. The molecule has 2 aliphatic heterocycles. The lowest BCUT2D eigenvalue weighted by Crippen LogP contribution is -2.59. The number of nitrogens with zero attached hydrogens (tertiary/aromatic N) is 3. The molecule has 4 nitrogen and oxygen atoms in total. The average Bonchev–Trinajstić information content (AvgIpc) is 3.38. The molecule has 2 aromatic heterocycles. The highest BCUT2D eigenvalue weighted by Crippen LogP contribution is 2.54. The largest absolute Gasteiger partial charge is 0.440 e. The van der Waals surface area contributed by atoms with E-state index in [4.69, 9.17) is 4.74 Å². The van der Waals surface area contributed by atoms with Crippen LogP contribution < -0.4 is 21.1 Å². The highest BCUT2D eigenvalue weighted by atomic mass is 16.5. The van der Waals surface area contributed by atoms with Gasteiger partial charge in [-0.1, -0.05) is 70.2 Å². The minimum absolute atomic E-state index is 0.0107. The summed E-state index contributed by atoms with van der Waals surface area (Å²) in [5.74, 6) is 1.54. The van der Waals surface area contributed by atoms with E-state index in [2.05, 4.69) is 116 Å². The maximum Gasteiger partial charge on any atom is 0.260 e.